The fraction of sp³-hybridized carbons (Fsp3) is 0.0833. The number of hydrogen-bond donors (Lipinski definition) is 1. The first-order valence-corrected chi connectivity index (χ1v) is 6.17. The minimum atomic E-state index is 0.561. The number of anilines is 1. The second kappa shape index (κ2) is 5.21. The van der Waals surface area contributed by atoms with Crippen molar-refractivity contribution < 1.29 is 4.74 Å². The van der Waals surface area contributed by atoms with Gasteiger partial charge < -0.3 is 10.5 Å². The van der Waals surface area contributed by atoms with Gasteiger partial charge in [0.2, 0.25) is 0 Å². The molecule has 2 rings (SSSR count). The van der Waals surface area contributed by atoms with Gasteiger partial charge in [0.05, 0.1) is 17.8 Å². The Morgan fingerprint density at radius 1 is 1.41 bits per heavy atom. The minimum absolute atomic E-state index is 0.561. The van der Waals surface area contributed by atoms with Gasteiger partial charge in [-0.05, 0) is 29.8 Å². The van der Waals surface area contributed by atoms with E-state index in [-0.39, 0.29) is 0 Å². The largest absolute Gasteiger partial charge is 0.497 e. The number of ether oxygens (including phenoxy) is 1. The molecule has 88 valence electrons. The van der Waals surface area contributed by atoms with Crippen molar-refractivity contribution in [3.63, 3.8) is 0 Å². The molecule has 1 heterocycles. The number of nitrogen functional groups attached to an aromatic ring is 1. The number of hydrogen-bond acceptors (Lipinski definition) is 4. The molecule has 0 unspecified atom stereocenters. The molecule has 0 atom stereocenters. The number of rotatable bonds is 3. The summed E-state index contributed by atoms with van der Waals surface area (Å²) in [6, 6.07) is 5.53. The molecular weight excluding hydrogens is 256 g/mol. The van der Waals surface area contributed by atoms with Gasteiger partial charge in [-0.3, -0.25) is 0 Å². The molecule has 1 aromatic heterocycles. The zero-order valence-corrected chi connectivity index (χ0v) is 10.8. The molecule has 0 spiro atoms. The van der Waals surface area contributed by atoms with E-state index in [2.05, 4.69) is 4.98 Å². The van der Waals surface area contributed by atoms with E-state index in [0.717, 1.165) is 17.0 Å². The van der Waals surface area contributed by atoms with Crippen LogP contribution in [0.3, 0.4) is 0 Å². The summed E-state index contributed by atoms with van der Waals surface area (Å²) in [4.78, 5) is 4.13. The molecule has 2 aromatic rings. The van der Waals surface area contributed by atoms with Crippen LogP contribution in [0, 0.1) is 0 Å². The molecule has 2 N–H and O–H groups in total. The Bertz CT molecular complexity index is 551. The lowest BCUT2D eigenvalue weighted by atomic mass is 10.2. The summed E-state index contributed by atoms with van der Waals surface area (Å²) in [6.45, 7) is 0. The average molecular weight is 267 g/mol. The first-order chi connectivity index (χ1) is 8.19. The van der Waals surface area contributed by atoms with E-state index in [1.165, 1.54) is 11.3 Å². The molecular formula is C12H11ClN2OS. The summed E-state index contributed by atoms with van der Waals surface area (Å²) in [6.07, 6.45) is 3.77. The summed E-state index contributed by atoms with van der Waals surface area (Å²) < 4.78 is 5.08. The van der Waals surface area contributed by atoms with Crippen LogP contribution in [0.25, 0.3) is 12.2 Å². The van der Waals surface area contributed by atoms with Crippen molar-refractivity contribution >= 4 is 40.2 Å². The highest BCUT2D eigenvalue weighted by atomic mass is 35.5. The Balaban J connectivity index is 2.21. The maximum Gasteiger partial charge on any atom is 0.180 e. The van der Waals surface area contributed by atoms with Crippen molar-refractivity contribution in [2.75, 3.05) is 12.8 Å². The molecule has 3 nitrogen and oxygen atoms in total. The molecule has 0 fully saturated rings. The maximum absolute atomic E-state index is 6.11. The predicted octanol–water partition coefficient (Wildman–Crippen LogP) is 3.56. The molecule has 0 radical (unpaired) electrons. The monoisotopic (exact) mass is 266 g/mol. The number of halogens is 1. The molecule has 1 aromatic carbocycles. The Hall–Kier alpha value is -1.52. The van der Waals surface area contributed by atoms with E-state index in [1.54, 1.807) is 13.2 Å². The van der Waals surface area contributed by atoms with Gasteiger partial charge in [-0.2, -0.15) is 0 Å². The number of nitrogens with zero attached hydrogens (tertiary/aromatic N) is 1. The van der Waals surface area contributed by atoms with Crippen LogP contribution < -0.4 is 10.5 Å². The molecule has 0 saturated carbocycles. The quantitative estimate of drug-likeness (QED) is 0.924. The summed E-state index contributed by atoms with van der Waals surface area (Å²) in [5.41, 5.74) is 7.29. The van der Waals surface area contributed by atoms with E-state index >= 15 is 0 Å². The second-order valence-electron chi connectivity index (χ2n) is 3.33. The van der Waals surface area contributed by atoms with Gasteiger partial charge in [0.15, 0.2) is 5.13 Å². The molecule has 0 amide bonds. The summed E-state index contributed by atoms with van der Waals surface area (Å²) >= 11 is 7.52. The second-order valence-corrected chi connectivity index (χ2v) is 4.63. The molecule has 0 aliphatic carbocycles. The van der Waals surface area contributed by atoms with Gasteiger partial charge in [-0.1, -0.05) is 17.7 Å². The number of benzene rings is 1. The summed E-state index contributed by atoms with van der Waals surface area (Å²) in [5.74, 6) is 0.741. The molecule has 0 bridgehead atoms. The standard InChI is InChI=1S/C12H11ClN2OS/c1-16-10-5-3-8(11(13)6-10)2-4-9-7-17-12(14)15-9/h2-7H,1H3,(H2,14,15). The first-order valence-electron chi connectivity index (χ1n) is 4.91. The predicted molar refractivity (Wildman–Crippen MR) is 73.5 cm³/mol. The van der Waals surface area contributed by atoms with Crippen molar-refractivity contribution in [1.82, 2.24) is 4.98 Å². The van der Waals surface area contributed by atoms with Crippen molar-refractivity contribution in [2.24, 2.45) is 0 Å². The SMILES string of the molecule is COc1ccc(C=Cc2csc(N)n2)c(Cl)c1. The van der Waals surface area contributed by atoms with Crippen LogP contribution in [0.5, 0.6) is 5.75 Å². The first kappa shape index (κ1) is 12.0. The van der Waals surface area contributed by atoms with Gasteiger partial charge >= 0.3 is 0 Å². The molecule has 5 heteroatoms. The Morgan fingerprint density at radius 3 is 2.82 bits per heavy atom. The van der Waals surface area contributed by atoms with Crippen LogP contribution in [0.4, 0.5) is 5.13 Å². The lowest BCUT2D eigenvalue weighted by Crippen LogP contribution is -1.83. The minimum Gasteiger partial charge on any atom is -0.497 e. The number of aromatic nitrogens is 1. The normalized spacial score (nSPS) is 10.9. The van der Waals surface area contributed by atoms with E-state index < -0.39 is 0 Å². The van der Waals surface area contributed by atoms with Gasteiger partial charge in [0.1, 0.15) is 5.75 Å². The zero-order chi connectivity index (χ0) is 12.3. The van der Waals surface area contributed by atoms with Gasteiger partial charge in [-0.15, -0.1) is 11.3 Å². The lowest BCUT2D eigenvalue weighted by Gasteiger charge is -2.02. The fourth-order valence-electron chi connectivity index (χ4n) is 1.32. The van der Waals surface area contributed by atoms with Crippen molar-refractivity contribution in [1.29, 1.82) is 0 Å². The number of thiazole rings is 1. The Labute approximate surface area is 109 Å². The summed E-state index contributed by atoms with van der Waals surface area (Å²) in [7, 11) is 1.61. The van der Waals surface area contributed by atoms with E-state index in [0.29, 0.717) is 10.2 Å². The maximum atomic E-state index is 6.11. The van der Waals surface area contributed by atoms with E-state index in [4.69, 9.17) is 22.1 Å². The van der Waals surface area contributed by atoms with Gasteiger partial charge in [-0.25, -0.2) is 4.98 Å². The lowest BCUT2D eigenvalue weighted by molar-refractivity contribution is 0.415. The van der Waals surface area contributed by atoms with Gasteiger partial charge in [0, 0.05) is 5.38 Å². The van der Waals surface area contributed by atoms with Crippen LogP contribution in [0.2, 0.25) is 5.02 Å². The molecule has 0 saturated heterocycles. The average Bonchev–Trinajstić information content (AvgIpc) is 2.73. The molecule has 0 aliphatic rings. The topological polar surface area (TPSA) is 48.1 Å². The van der Waals surface area contributed by atoms with Gasteiger partial charge in [0.25, 0.3) is 0 Å². The number of nitrogens with two attached hydrogens (primary N) is 1. The van der Waals surface area contributed by atoms with Crippen LogP contribution >= 0.6 is 22.9 Å². The molecule has 17 heavy (non-hydrogen) atoms. The third kappa shape index (κ3) is 2.99. The van der Waals surface area contributed by atoms with Crippen molar-refractivity contribution in [3.8, 4) is 5.75 Å². The number of methoxy groups -OCH3 is 1. The highest BCUT2D eigenvalue weighted by molar-refractivity contribution is 7.13. The van der Waals surface area contributed by atoms with Crippen LogP contribution in [-0.4, -0.2) is 12.1 Å². The highest BCUT2D eigenvalue weighted by Gasteiger charge is 1.99. The molecule has 0 aliphatic heterocycles. The van der Waals surface area contributed by atoms with Crippen molar-refractivity contribution in [2.45, 2.75) is 0 Å². The fourth-order valence-corrected chi connectivity index (χ4v) is 2.09. The van der Waals surface area contributed by atoms with Crippen LogP contribution in [-0.2, 0) is 0 Å². The Kier molecular flexibility index (Phi) is 3.66. The van der Waals surface area contributed by atoms with Crippen molar-refractivity contribution in [3.05, 3.63) is 39.9 Å². The zero-order valence-electron chi connectivity index (χ0n) is 9.18. The van der Waals surface area contributed by atoms with Crippen LogP contribution in [0.1, 0.15) is 11.3 Å². The van der Waals surface area contributed by atoms with Crippen LogP contribution in [0.15, 0.2) is 23.6 Å². The third-order valence-electron chi connectivity index (χ3n) is 2.18. The smallest absolute Gasteiger partial charge is 0.180 e. The van der Waals surface area contributed by atoms with E-state index in [1.807, 2.05) is 29.7 Å². The Morgan fingerprint density at radius 2 is 2.24 bits per heavy atom. The summed E-state index contributed by atoms with van der Waals surface area (Å²) in [5, 5.41) is 3.10. The third-order valence-corrected chi connectivity index (χ3v) is 3.20. The highest BCUT2D eigenvalue weighted by Crippen LogP contribution is 2.24. The van der Waals surface area contributed by atoms with E-state index in [9.17, 15) is 0 Å².